The van der Waals surface area contributed by atoms with Crippen molar-refractivity contribution in [1.29, 1.82) is 0 Å². The minimum absolute atomic E-state index is 0.108. The molecule has 3 N–H and O–H groups in total. The number of benzene rings is 2. The van der Waals surface area contributed by atoms with Gasteiger partial charge in [0.05, 0.1) is 14.4 Å². The molecule has 0 radical (unpaired) electrons. The molecule has 186 valence electrons. The van der Waals surface area contributed by atoms with Crippen LogP contribution in [0.25, 0.3) is 0 Å². The Morgan fingerprint density at radius 3 is 1.73 bits per heavy atom. The van der Waals surface area contributed by atoms with Gasteiger partial charge < -0.3 is 11.1 Å². The summed E-state index contributed by atoms with van der Waals surface area (Å²) in [5, 5.41) is 4.23. The third-order valence-electron chi connectivity index (χ3n) is 3.43. The van der Waals surface area contributed by atoms with E-state index in [0.717, 1.165) is 17.2 Å². The molecule has 0 saturated carbocycles. The molecule has 0 aliphatic carbocycles. The molecule has 0 aliphatic rings. The van der Waals surface area contributed by atoms with E-state index in [1.54, 1.807) is 24.3 Å². The average Bonchev–Trinajstić information content (AvgIpc) is 3.21. The topological polar surface area (TPSA) is 38.0 Å². The van der Waals surface area contributed by atoms with Crippen molar-refractivity contribution in [1.82, 2.24) is 0 Å². The van der Waals surface area contributed by atoms with E-state index in [-0.39, 0.29) is 11.5 Å². The van der Waals surface area contributed by atoms with Gasteiger partial charge >= 0.3 is 6.18 Å². The third-order valence-corrected chi connectivity index (χ3v) is 5.07. The number of hydrogen-bond acceptors (Lipinski definition) is 3. The molecule has 0 bridgehead atoms. The molecule has 3 rings (SSSR count). The normalized spacial score (nSPS) is 9.48. The number of halogens is 6. The summed E-state index contributed by atoms with van der Waals surface area (Å²) in [5.74, 6) is -1.43. The molecule has 0 amide bonds. The van der Waals surface area contributed by atoms with Crippen molar-refractivity contribution in [3.8, 4) is 0 Å². The van der Waals surface area contributed by atoms with E-state index in [4.69, 9.17) is 5.73 Å². The van der Waals surface area contributed by atoms with Crippen molar-refractivity contribution >= 4 is 38.0 Å². The van der Waals surface area contributed by atoms with Gasteiger partial charge in [0.25, 0.3) is 0 Å². The van der Waals surface area contributed by atoms with Crippen molar-refractivity contribution in [2.75, 3.05) is 18.1 Å². The fraction of sp³-hybridized carbons (Fsp3) is 0.333. The lowest BCUT2D eigenvalue weighted by Crippen LogP contribution is -2.08. The number of anilines is 2. The molecule has 2 nitrogen and oxygen atoms in total. The lowest BCUT2D eigenvalue weighted by Gasteiger charge is -2.07. The van der Waals surface area contributed by atoms with Crippen LogP contribution in [0.2, 0.25) is 0 Å². The average molecular weight is 555 g/mol. The third kappa shape index (κ3) is 13.9. The van der Waals surface area contributed by atoms with Crippen molar-refractivity contribution in [3.05, 3.63) is 80.6 Å². The van der Waals surface area contributed by atoms with Gasteiger partial charge in [-0.15, -0.1) is 11.3 Å². The van der Waals surface area contributed by atoms with Crippen molar-refractivity contribution in [2.45, 2.75) is 47.7 Å². The minimum Gasteiger partial charge on any atom is -0.399 e. The summed E-state index contributed by atoms with van der Waals surface area (Å²) in [6, 6.07) is 11.5. The van der Waals surface area contributed by atoms with Crippen molar-refractivity contribution in [3.63, 3.8) is 0 Å². The molecule has 1 heterocycles. The number of nitrogens with one attached hydrogen (secondary N) is 1. The smallest absolute Gasteiger partial charge is 0.399 e. The van der Waals surface area contributed by atoms with E-state index >= 15 is 0 Å². The number of nitrogens with two attached hydrogens (primary N) is 1. The van der Waals surface area contributed by atoms with Crippen LogP contribution in [-0.4, -0.2) is 7.05 Å². The maximum absolute atomic E-state index is 12.5. The highest BCUT2D eigenvalue weighted by atomic mass is 79.9. The Kier molecular flexibility index (Phi) is 17.4. The second kappa shape index (κ2) is 17.4. The quantitative estimate of drug-likeness (QED) is 0.232. The molecule has 0 fully saturated rings. The van der Waals surface area contributed by atoms with Crippen LogP contribution in [0, 0.1) is 25.5 Å². The summed E-state index contributed by atoms with van der Waals surface area (Å²) >= 11 is 5.04. The summed E-state index contributed by atoms with van der Waals surface area (Å²) in [5.41, 5.74) is 5.44. The van der Waals surface area contributed by atoms with Gasteiger partial charge in [-0.05, 0) is 71.7 Å². The zero-order valence-corrected chi connectivity index (χ0v) is 22.3. The molecule has 2 aromatic carbocycles. The second-order valence-electron chi connectivity index (χ2n) is 5.84. The highest BCUT2D eigenvalue weighted by Gasteiger charge is 2.33. The Bertz CT molecular complexity index is 927. The monoisotopic (exact) mass is 554 g/mol. The van der Waals surface area contributed by atoms with Crippen LogP contribution < -0.4 is 11.1 Å². The van der Waals surface area contributed by atoms with Crippen LogP contribution in [0.15, 0.2) is 52.3 Å². The van der Waals surface area contributed by atoms with E-state index in [0.29, 0.717) is 12.1 Å². The molecule has 3 aromatic rings. The Balaban J connectivity index is 0. The predicted molar refractivity (Wildman–Crippen MR) is 136 cm³/mol. The van der Waals surface area contributed by atoms with E-state index in [2.05, 4.69) is 21.2 Å². The van der Waals surface area contributed by atoms with E-state index in [1.165, 1.54) is 14.9 Å². The summed E-state index contributed by atoms with van der Waals surface area (Å²) in [6.07, 6.45) is -4.68. The van der Waals surface area contributed by atoms with Crippen LogP contribution in [0.5, 0.6) is 0 Å². The number of nitrogen functional groups attached to an aromatic ring is 1. The number of alkyl halides is 3. The highest BCUT2D eigenvalue weighted by molar-refractivity contribution is 9.11. The first-order chi connectivity index (χ1) is 15.4. The first-order valence-corrected chi connectivity index (χ1v) is 11.8. The Hall–Kier alpha value is -2.13. The summed E-state index contributed by atoms with van der Waals surface area (Å²) < 4.78 is 62.0. The van der Waals surface area contributed by atoms with Gasteiger partial charge in [0, 0.05) is 12.7 Å². The number of aryl methyl sites for hydroxylation is 2. The van der Waals surface area contributed by atoms with Gasteiger partial charge in [-0.3, -0.25) is 0 Å². The predicted octanol–water partition coefficient (Wildman–Crippen LogP) is 9.47. The maximum atomic E-state index is 12.5. The lowest BCUT2D eigenvalue weighted by atomic mass is 10.1. The molecule has 9 heteroatoms. The maximum Gasteiger partial charge on any atom is 0.419 e. The van der Waals surface area contributed by atoms with Crippen LogP contribution in [0.1, 0.15) is 44.4 Å². The minimum atomic E-state index is -4.68. The Labute approximate surface area is 206 Å². The zero-order valence-electron chi connectivity index (χ0n) is 19.9. The fourth-order valence-electron chi connectivity index (χ4n) is 2.00. The Morgan fingerprint density at radius 2 is 1.39 bits per heavy atom. The Morgan fingerprint density at radius 1 is 0.848 bits per heavy atom. The largest absolute Gasteiger partial charge is 0.419 e. The van der Waals surface area contributed by atoms with Crippen LogP contribution in [-0.2, 0) is 6.18 Å². The standard InChI is InChI=1S/C8H9F.C7H5F4N.C5H6BrNS.2C2H6/c1-6-3-4-8(9)7(2)5-6;8-6-2-1-4(12)3-5(6)7(9,10)11;1-7-5-3-2-4(6)8-5;2*1-2/h3-5H,1-2H3;1-3H,12H2;2-3,7H,1H3;2*1-2H3. The lowest BCUT2D eigenvalue weighted by molar-refractivity contribution is -0.139. The molecular formula is C24H32BrF5N2S. The van der Waals surface area contributed by atoms with Gasteiger partial charge in [0.1, 0.15) is 11.6 Å². The van der Waals surface area contributed by atoms with Gasteiger partial charge in [-0.1, -0.05) is 45.4 Å². The van der Waals surface area contributed by atoms with Gasteiger partial charge in [-0.25, -0.2) is 8.78 Å². The molecule has 0 atom stereocenters. The van der Waals surface area contributed by atoms with E-state index in [9.17, 15) is 22.0 Å². The summed E-state index contributed by atoms with van der Waals surface area (Å²) in [6.45, 7) is 11.7. The van der Waals surface area contributed by atoms with Crippen LogP contribution in [0.4, 0.5) is 32.6 Å². The number of rotatable bonds is 1. The van der Waals surface area contributed by atoms with Crippen LogP contribution in [0.3, 0.4) is 0 Å². The van der Waals surface area contributed by atoms with Gasteiger partial charge in [0.2, 0.25) is 0 Å². The first kappa shape index (κ1) is 33.0. The molecule has 0 unspecified atom stereocenters. The van der Waals surface area contributed by atoms with Crippen molar-refractivity contribution in [2.24, 2.45) is 0 Å². The van der Waals surface area contributed by atoms with Crippen molar-refractivity contribution < 1.29 is 22.0 Å². The molecule has 33 heavy (non-hydrogen) atoms. The van der Waals surface area contributed by atoms with E-state index in [1.807, 2.05) is 59.9 Å². The van der Waals surface area contributed by atoms with E-state index < -0.39 is 17.6 Å². The van der Waals surface area contributed by atoms with Gasteiger partial charge in [0.15, 0.2) is 0 Å². The number of hydrogen-bond donors (Lipinski definition) is 2. The summed E-state index contributed by atoms with van der Waals surface area (Å²) in [7, 11) is 1.91. The molecular weight excluding hydrogens is 523 g/mol. The zero-order chi connectivity index (χ0) is 26.2. The highest BCUT2D eigenvalue weighted by Crippen LogP contribution is 2.32. The second-order valence-corrected chi connectivity index (χ2v) is 8.31. The molecule has 0 saturated heterocycles. The molecule has 0 spiro atoms. The molecule has 0 aliphatic heterocycles. The number of thiophene rings is 1. The van der Waals surface area contributed by atoms with Gasteiger partial charge in [-0.2, -0.15) is 13.2 Å². The summed E-state index contributed by atoms with van der Waals surface area (Å²) in [4.78, 5) is 0. The molecule has 1 aromatic heterocycles. The van der Waals surface area contributed by atoms with Crippen LogP contribution >= 0.6 is 27.3 Å². The fourth-order valence-corrected chi connectivity index (χ4v) is 3.24. The SMILES string of the molecule is CC.CC.CNc1ccc(Br)s1.Cc1ccc(F)c(C)c1.Nc1ccc(F)c(C(F)(F)F)c1. The first-order valence-electron chi connectivity index (χ1n) is 10.2.